The van der Waals surface area contributed by atoms with Gasteiger partial charge in [0.1, 0.15) is 0 Å². The van der Waals surface area contributed by atoms with E-state index in [1.807, 2.05) is 36.1 Å². The summed E-state index contributed by atoms with van der Waals surface area (Å²) >= 11 is 0. The van der Waals surface area contributed by atoms with Crippen LogP contribution in [0.1, 0.15) is 48.0 Å². The Bertz CT molecular complexity index is 753. The Morgan fingerprint density at radius 1 is 1.10 bits per heavy atom. The lowest BCUT2D eigenvalue weighted by molar-refractivity contribution is -0.180. The van der Waals surface area contributed by atoms with Gasteiger partial charge >= 0.3 is 0 Å². The maximum atomic E-state index is 12.8. The maximum Gasteiger partial charge on any atom is 0.253 e. The summed E-state index contributed by atoms with van der Waals surface area (Å²) in [5.74, 6) is -0.237. The molecule has 1 aromatic carbocycles. The third kappa shape index (κ3) is 5.20. The van der Waals surface area contributed by atoms with E-state index in [0.717, 1.165) is 62.9 Å². The van der Waals surface area contributed by atoms with Crippen molar-refractivity contribution in [3.63, 3.8) is 0 Å². The maximum absolute atomic E-state index is 12.8. The van der Waals surface area contributed by atoms with E-state index in [-0.39, 0.29) is 23.6 Å². The number of carbonyl (C=O) groups excluding carboxylic acids is 2. The highest BCUT2D eigenvalue weighted by Crippen LogP contribution is 2.35. The van der Waals surface area contributed by atoms with Crippen LogP contribution in [0.15, 0.2) is 24.3 Å². The van der Waals surface area contributed by atoms with E-state index in [1.54, 1.807) is 0 Å². The summed E-state index contributed by atoms with van der Waals surface area (Å²) < 4.78 is 11.5. The number of rotatable bonds is 4. The van der Waals surface area contributed by atoms with Gasteiger partial charge in [-0.25, -0.2) is 0 Å². The number of aryl methyl sites for hydroxylation is 1. The molecule has 1 aliphatic carbocycles. The van der Waals surface area contributed by atoms with Gasteiger partial charge in [-0.3, -0.25) is 14.5 Å². The summed E-state index contributed by atoms with van der Waals surface area (Å²) in [5, 5.41) is 3.19. The van der Waals surface area contributed by atoms with E-state index < -0.39 is 0 Å². The van der Waals surface area contributed by atoms with Gasteiger partial charge in [-0.15, -0.1) is 0 Å². The van der Waals surface area contributed by atoms with E-state index in [9.17, 15) is 9.59 Å². The fourth-order valence-electron chi connectivity index (χ4n) is 4.76. The third-order valence-electron chi connectivity index (χ3n) is 6.43. The standard InChI is InChI=1S/C23H33N3O4/c1-18-4-2-5-19(16-18)22(28)26-11-3-10-25(12-13-26)17-21(27)24-20-6-8-23(9-7-20)29-14-15-30-23/h2,4-5,16,20H,3,6-15,17H2,1H3,(H,24,27). The molecule has 0 aromatic heterocycles. The lowest BCUT2D eigenvalue weighted by Crippen LogP contribution is -2.47. The van der Waals surface area contributed by atoms with Gasteiger partial charge in [0.15, 0.2) is 5.79 Å². The van der Waals surface area contributed by atoms with Gasteiger partial charge in [0.05, 0.1) is 19.8 Å². The first-order valence-corrected chi connectivity index (χ1v) is 11.2. The summed E-state index contributed by atoms with van der Waals surface area (Å²) in [4.78, 5) is 29.5. The van der Waals surface area contributed by atoms with Crippen molar-refractivity contribution in [3.8, 4) is 0 Å². The van der Waals surface area contributed by atoms with Crippen LogP contribution in [-0.2, 0) is 14.3 Å². The van der Waals surface area contributed by atoms with Crippen LogP contribution in [0.2, 0.25) is 0 Å². The van der Waals surface area contributed by atoms with Crippen LogP contribution in [0, 0.1) is 6.92 Å². The second kappa shape index (κ2) is 9.45. The molecule has 2 saturated heterocycles. The van der Waals surface area contributed by atoms with Gasteiger partial charge < -0.3 is 19.7 Å². The molecular formula is C23H33N3O4. The van der Waals surface area contributed by atoms with E-state index in [1.165, 1.54) is 0 Å². The van der Waals surface area contributed by atoms with Crippen molar-refractivity contribution in [3.05, 3.63) is 35.4 Å². The smallest absolute Gasteiger partial charge is 0.253 e. The van der Waals surface area contributed by atoms with Gasteiger partial charge in [-0.1, -0.05) is 17.7 Å². The highest BCUT2D eigenvalue weighted by Gasteiger charge is 2.40. The molecule has 30 heavy (non-hydrogen) atoms. The number of benzene rings is 1. The molecule has 0 unspecified atom stereocenters. The van der Waals surface area contributed by atoms with Gasteiger partial charge in [-0.05, 0) is 38.3 Å². The summed E-state index contributed by atoms with van der Waals surface area (Å²) in [6, 6.07) is 7.94. The number of amides is 2. The molecule has 3 fully saturated rings. The van der Waals surface area contributed by atoms with Crippen LogP contribution in [0.3, 0.4) is 0 Å². The molecule has 2 amide bonds. The van der Waals surface area contributed by atoms with E-state index in [0.29, 0.717) is 26.3 Å². The first kappa shape index (κ1) is 21.3. The van der Waals surface area contributed by atoms with E-state index in [4.69, 9.17) is 9.47 Å². The molecular weight excluding hydrogens is 382 g/mol. The molecule has 2 aliphatic heterocycles. The number of nitrogens with zero attached hydrogens (tertiary/aromatic N) is 2. The average Bonchev–Trinajstić information content (AvgIpc) is 3.07. The molecule has 1 N–H and O–H groups in total. The Kier molecular flexibility index (Phi) is 6.71. The fourth-order valence-corrected chi connectivity index (χ4v) is 4.76. The lowest BCUT2D eigenvalue weighted by Gasteiger charge is -2.35. The highest BCUT2D eigenvalue weighted by atomic mass is 16.7. The zero-order valence-electron chi connectivity index (χ0n) is 17.9. The zero-order valence-corrected chi connectivity index (χ0v) is 17.9. The van der Waals surface area contributed by atoms with Crippen molar-refractivity contribution in [2.45, 2.75) is 50.9 Å². The van der Waals surface area contributed by atoms with Gasteiger partial charge in [0.25, 0.3) is 5.91 Å². The Balaban J connectivity index is 1.22. The number of carbonyl (C=O) groups is 2. The fraction of sp³-hybridized carbons (Fsp3) is 0.652. The van der Waals surface area contributed by atoms with Gasteiger partial charge in [0.2, 0.25) is 5.91 Å². The Hall–Kier alpha value is -1.96. The van der Waals surface area contributed by atoms with Gasteiger partial charge in [0, 0.05) is 50.6 Å². The summed E-state index contributed by atoms with van der Waals surface area (Å²) in [6.07, 6.45) is 4.36. The molecule has 0 atom stereocenters. The van der Waals surface area contributed by atoms with Crippen molar-refractivity contribution < 1.29 is 19.1 Å². The minimum Gasteiger partial charge on any atom is -0.352 e. The van der Waals surface area contributed by atoms with Crippen molar-refractivity contribution in [2.75, 3.05) is 45.9 Å². The predicted octanol–water partition coefficient (Wildman–Crippen LogP) is 1.94. The second-order valence-electron chi connectivity index (χ2n) is 8.74. The highest BCUT2D eigenvalue weighted by molar-refractivity contribution is 5.94. The Labute approximate surface area is 178 Å². The number of hydrogen-bond acceptors (Lipinski definition) is 5. The molecule has 0 bridgehead atoms. The number of ether oxygens (including phenoxy) is 2. The second-order valence-corrected chi connectivity index (χ2v) is 8.74. The van der Waals surface area contributed by atoms with Crippen molar-refractivity contribution in [2.24, 2.45) is 0 Å². The molecule has 1 spiro atoms. The van der Waals surface area contributed by atoms with Crippen LogP contribution in [-0.4, -0.2) is 79.4 Å². The summed E-state index contributed by atoms with van der Waals surface area (Å²) in [6.45, 7) is 6.68. The van der Waals surface area contributed by atoms with Crippen molar-refractivity contribution in [1.82, 2.24) is 15.1 Å². The first-order valence-electron chi connectivity index (χ1n) is 11.2. The van der Waals surface area contributed by atoms with E-state index >= 15 is 0 Å². The van der Waals surface area contributed by atoms with E-state index in [2.05, 4.69) is 10.2 Å². The molecule has 1 aromatic rings. The van der Waals surface area contributed by atoms with Crippen LogP contribution < -0.4 is 5.32 Å². The van der Waals surface area contributed by atoms with Crippen LogP contribution in [0.25, 0.3) is 0 Å². The quantitative estimate of drug-likeness (QED) is 0.814. The summed E-state index contributed by atoms with van der Waals surface area (Å²) in [7, 11) is 0. The van der Waals surface area contributed by atoms with Crippen LogP contribution in [0.5, 0.6) is 0 Å². The minimum absolute atomic E-state index is 0.0719. The first-order chi connectivity index (χ1) is 14.5. The molecule has 3 aliphatic rings. The third-order valence-corrected chi connectivity index (χ3v) is 6.43. The van der Waals surface area contributed by atoms with Crippen molar-refractivity contribution >= 4 is 11.8 Å². The molecule has 0 radical (unpaired) electrons. The zero-order chi connectivity index (χ0) is 21.0. The molecule has 7 nitrogen and oxygen atoms in total. The number of hydrogen-bond donors (Lipinski definition) is 1. The molecule has 2 heterocycles. The molecule has 4 rings (SSSR count). The summed E-state index contributed by atoms with van der Waals surface area (Å²) in [5.41, 5.74) is 1.83. The molecule has 7 heteroatoms. The SMILES string of the molecule is Cc1cccc(C(=O)N2CCCN(CC(=O)NC3CCC4(CC3)OCCO4)CC2)c1. The average molecular weight is 416 g/mol. The Morgan fingerprint density at radius 2 is 1.87 bits per heavy atom. The lowest BCUT2D eigenvalue weighted by atomic mass is 9.90. The van der Waals surface area contributed by atoms with Gasteiger partial charge in [-0.2, -0.15) is 0 Å². The monoisotopic (exact) mass is 415 g/mol. The topological polar surface area (TPSA) is 71.1 Å². The minimum atomic E-state index is -0.390. The molecule has 164 valence electrons. The molecule has 1 saturated carbocycles. The largest absolute Gasteiger partial charge is 0.352 e. The predicted molar refractivity (Wildman–Crippen MR) is 113 cm³/mol. The number of nitrogens with one attached hydrogen (secondary N) is 1. The normalized spacial score (nSPS) is 22.8. The van der Waals surface area contributed by atoms with Crippen LogP contribution in [0.4, 0.5) is 0 Å². The van der Waals surface area contributed by atoms with Crippen LogP contribution >= 0.6 is 0 Å². The van der Waals surface area contributed by atoms with Crippen molar-refractivity contribution in [1.29, 1.82) is 0 Å². The Morgan fingerprint density at radius 3 is 2.60 bits per heavy atom.